The standard InChI is InChI=1S/C10H10N4O2/c11-4-7-1-2-12-9(3-7)14-6-8(5-13-14)10(15)16/h1-3,5-6H,4,11H2,(H,15,16). The molecule has 82 valence electrons. The molecule has 2 rings (SSSR count). The zero-order valence-electron chi connectivity index (χ0n) is 8.37. The molecule has 0 saturated carbocycles. The summed E-state index contributed by atoms with van der Waals surface area (Å²) in [5.74, 6) is -0.461. The molecule has 0 fully saturated rings. The highest BCUT2D eigenvalue weighted by molar-refractivity contribution is 5.86. The van der Waals surface area contributed by atoms with Gasteiger partial charge in [-0.25, -0.2) is 14.5 Å². The number of carboxylic acid groups (broad SMARTS) is 1. The highest BCUT2D eigenvalue weighted by Crippen LogP contribution is 2.07. The summed E-state index contributed by atoms with van der Waals surface area (Å²) in [6, 6.07) is 3.56. The molecule has 0 atom stereocenters. The second kappa shape index (κ2) is 4.11. The number of carbonyl (C=O) groups is 1. The summed E-state index contributed by atoms with van der Waals surface area (Å²) in [5, 5.41) is 12.7. The van der Waals surface area contributed by atoms with E-state index in [1.807, 2.05) is 0 Å². The number of pyridine rings is 1. The molecule has 2 aromatic rings. The Kier molecular flexibility index (Phi) is 2.65. The fourth-order valence-electron chi connectivity index (χ4n) is 1.27. The maximum absolute atomic E-state index is 10.7. The molecule has 0 bridgehead atoms. The minimum absolute atomic E-state index is 0.125. The first kappa shape index (κ1) is 10.3. The van der Waals surface area contributed by atoms with Gasteiger partial charge in [-0.05, 0) is 17.7 Å². The van der Waals surface area contributed by atoms with E-state index in [0.29, 0.717) is 12.4 Å². The van der Waals surface area contributed by atoms with Crippen molar-refractivity contribution in [3.63, 3.8) is 0 Å². The summed E-state index contributed by atoms with van der Waals surface area (Å²) < 4.78 is 1.41. The molecule has 0 unspecified atom stereocenters. The summed E-state index contributed by atoms with van der Waals surface area (Å²) in [6.45, 7) is 0.405. The van der Waals surface area contributed by atoms with Gasteiger partial charge in [0.05, 0.1) is 11.8 Å². The van der Waals surface area contributed by atoms with Crippen LogP contribution >= 0.6 is 0 Å². The molecule has 0 aliphatic rings. The number of nitrogens with zero attached hydrogens (tertiary/aromatic N) is 3. The Bertz CT molecular complexity index is 521. The molecule has 0 aromatic carbocycles. The second-order valence-electron chi connectivity index (χ2n) is 3.21. The first-order valence-corrected chi connectivity index (χ1v) is 4.64. The van der Waals surface area contributed by atoms with E-state index in [9.17, 15) is 4.79 Å². The van der Waals surface area contributed by atoms with Gasteiger partial charge >= 0.3 is 5.97 Å². The summed E-state index contributed by atoms with van der Waals surface area (Å²) in [7, 11) is 0. The molecule has 0 amide bonds. The number of hydrogen-bond acceptors (Lipinski definition) is 4. The lowest BCUT2D eigenvalue weighted by molar-refractivity contribution is 0.0697. The van der Waals surface area contributed by atoms with Crippen LogP contribution in [0.25, 0.3) is 5.82 Å². The molecule has 0 aliphatic carbocycles. The molecule has 6 nitrogen and oxygen atoms in total. The summed E-state index contributed by atoms with van der Waals surface area (Å²) in [5.41, 5.74) is 6.54. The van der Waals surface area contributed by atoms with Crippen molar-refractivity contribution >= 4 is 5.97 Å². The van der Waals surface area contributed by atoms with Gasteiger partial charge < -0.3 is 10.8 Å². The third kappa shape index (κ3) is 1.91. The van der Waals surface area contributed by atoms with Crippen molar-refractivity contribution in [1.82, 2.24) is 14.8 Å². The Balaban J connectivity index is 2.38. The van der Waals surface area contributed by atoms with Crippen LogP contribution in [0.2, 0.25) is 0 Å². The predicted octanol–water partition coefficient (Wildman–Crippen LogP) is 0.424. The molecule has 0 aliphatic heterocycles. The van der Waals surface area contributed by atoms with Gasteiger partial charge in [-0.1, -0.05) is 0 Å². The molecule has 0 radical (unpaired) electrons. The number of rotatable bonds is 3. The minimum Gasteiger partial charge on any atom is -0.478 e. The molecule has 16 heavy (non-hydrogen) atoms. The van der Waals surface area contributed by atoms with Crippen LogP contribution in [0.15, 0.2) is 30.7 Å². The van der Waals surface area contributed by atoms with Crippen LogP contribution in [0.5, 0.6) is 0 Å². The Labute approximate surface area is 91.3 Å². The van der Waals surface area contributed by atoms with Gasteiger partial charge in [-0.3, -0.25) is 0 Å². The molecular weight excluding hydrogens is 208 g/mol. The fraction of sp³-hybridized carbons (Fsp3) is 0.100. The highest BCUT2D eigenvalue weighted by Gasteiger charge is 2.07. The lowest BCUT2D eigenvalue weighted by Crippen LogP contribution is -2.02. The van der Waals surface area contributed by atoms with Crippen LogP contribution in [-0.2, 0) is 6.54 Å². The summed E-state index contributed by atoms with van der Waals surface area (Å²) in [4.78, 5) is 14.8. The van der Waals surface area contributed by atoms with E-state index in [1.54, 1.807) is 18.3 Å². The van der Waals surface area contributed by atoms with Crippen LogP contribution < -0.4 is 5.73 Å². The molecule has 0 spiro atoms. The van der Waals surface area contributed by atoms with Crippen LogP contribution in [0.1, 0.15) is 15.9 Å². The quantitative estimate of drug-likeness (QED) is 0.778. The van der Waals surface area contributed by atoms with Gasteiger partial charge in [0, 0.05) is 18.9 Å². The Morgan fingerprint density at radius 1 is 1.56 bits per heavy atom. The van der Waals surface area contributed by atoms with Gasteiger partial charge in [0.15, 0.2) is 5.82 Å². The molecular formula is C10H10N4O2. The van der Waals surface area contributed by atoms with Gasteiger partial charge in [0.2, 0.25) is 0 Å². The molecule has 3 N–H and O–H groups in total. The van der Waals surface area contributed by atoms with E-state index in [-0.39, 0.29) is 5.56 Å². The molecule has 6 heteroatoms. The predicted molar refractivity (Wildman–Crippen MR) is 56.2 cm³/mol. The number of aromatic carboxylic acids is 1. The lowest BCUT2D eigenvalue weighted by atomic mass is 10.2. The number of nitrogens with two attached hydrogens (primary N) is 1. The zero-order valence-corrected chi connectivity index (χ0v) is 8.37. The topological polar surface area (TPSA) is 94.0 Å². The van der Waals surface area contributed by atoms with Crippen molar-refractivity contribution in [2.24, 2.45) is 5.73 Å². The van der Waals surface area contributed by atoms with E-state index >= 15 is 0 Å². The summed E-state index contributed by atoms with van der Waals surface area (Å²) in [6.07, 6.45) is 4.30. The first-order valence-electron chi connectivity index (χ1n) is 4.64. The van der Waals surface area contributed by atoms with E-state index in [0.717, 1.165) is 5.56 Å². The maximum Gasteiger partial charge on any atom is 0.338 e. The largest absolute Gasteiger partial charge is 0.478 e. The number of hydrogen-bond donors (Lipinski definition) is 2. The van der Waals surface area contributed by atoms with Gasteiger partial charge in [-0.15, -0.1) is 0 Å². The first-order chi connectivity index (χ1) is 7.70. The molecule has 0 saturated heterocycles. The van der Waals surface area contributed by atoms with Crippen molar-refractivity contribution < 1.29 is 9.90 Å². The van der Waals surface area contributed by atoms with Gasteiger partial charge in [0.1, 0.15) is 0 Å². The second-order valence-corrected chi connectivity index (χ2v) is 3.21. The van der Waals surface area contributed by atoms with Gasteiger partial charge in [-0.2, -0.15) is 5.10 Å². The van der Waals surface area contributed by atoms with Crippen molar-refractivity contribution in [2.75, 3.05) is 0 Å². The number of carboxylic acids is 1. The Morgan fingerprint density at radius 2 is 2.38 bits per heavy atom. The molecule has 2 aromatic heterocycles. The summed E-state index contributed by atoms with van der Waals surface area (Å²) >= 11 is 0. The Morgan fingerprint density at radius 3 is 3.00 bits per heavy atom. The van der Waals surface area contributed by atoms with Crippen LogP contribution in [0.3, 0.4) is 0 Å². The van der Waals surface area contributed by atoms with Crippen LogP contribution in [-0.4, -0.2) is 25.8 Å². The van der Waals surface area contributed by atoms with Gasteiger partial charge in [0.25, 0.3) is 0 Å². The van der Waals surface area contributed by atoms with E-state index in [1.165, 1.54) is 17.1 Å². The normalized spacial score (nSPS) is 10.3. The lowest BCUT2D eigenvalue weighted by Gasteiger charge is -2.01. The highest BCUT2D eigenvalue weighted by atomic mass is 16.4. The zero-order chi connectivity index (χ0) is 11.5. The van der Waals surface area contributed by atoms with E-state index < -0.39 is 5.97 Å². The molecule has 2 heterocycles. The van der Waals surface area contributed by atoms with Crippen molar-refractivity contribution in [3.8, 4) is 5.82 Å². The SMILES string of the molecule is NCc1ccnc(-n2cc(C(=O)O)cn2)c1. The average molecular weight is 218 g/mol. The smallest absolute Gasteiger partial charge is 0.338 e. The van der Waals surface area contributed by atoms with E-state index in [2.05, 4.69) is 10.1 Å². The third-order valence-electron chi connectivity index (χ3n) is 2.11. The average Bonchev–Trinajstić information content (AvgIpc) is 2.78. The van der Waals surface area contributed by atoms with Crippen molar-refractivity contribution in [2.45, 2.75) is 6.54 Å². The Hall–Kier alpha value is -2.21. The minimum atomic E-state index is -1.01. The van der Waals surface area contributed by atoms with Crippen LogP contribution in [0, 0.1) is 0 Å². The van der Waals surface area contributed by atoms with Crippen molar-refractivity contribution in [3.05, 3.63) is 41.9 Å². The number of aromatic nitrogens is 3. The maximum atomic E-state index is 10.7. The third-order valence-corrected chi connectivity index (χ3v) is 2.11. The fourth-order valence-corrected chi connectivity index (χ4v) is 1.27. The van der Waals surface area contributed by atoms with Crippen molar-refractivity contribution in [1.29, 1.82) is 0 Å². The monoisotopic (exact) mass is 218 g/mol. The van der Waals surface area contributed by atoms with Crippen LogP contribution in [0.4, 0.5) is 0 Å². The van der Waals surface area contributed by atoms with E-state index in [4.69, 9.17) is 10.8 Å².